The number of aromatic amines is 2. The maximum Gasteiger partial charge on any atom is 0.248 e. The molecule has 4 rings (SSSR count). The summed E-state index contributed by atoms with van der Waals surface area (Å²) >= 11 is 6.07. The van der Waals surface area contributed by atoms with E-state index in [1.165, 1.54) is 10.6 Å². The summed E-state index contributed by atoms with van der Waals surface area (Å²) in [5.41, 5.74) is 3.10. The minimum Gasteiger partial charge on any atom is -0.353 e. The van der Waals surface area contributed by atoms with Crippen LogP contribution in [0.4, 0.5) is 0 Å². The van der Waals surface area contributed by atoms with E-state index in [1.807, 2.05) is 12.1 Å². The van der Waals surface area contributed by atoms with Crippen molar-refractivity contribution in [1.29, 1.82) is 0 Å². The van der Waals surface area contributed by atoms with Crippen LogP contribution in [0.3, 0.4) is 0 Å². The summed E-state index contributed by atoms with van der Waals surface area (Å²) in [4.78, 5) is 18.3. The highest BCUT2D eigenvalue weighted by atomic mass is 35.5. The molecule has 1 fully saturated rings. The molecule has 6 nitrogen and oxygen atoms in total. The monoisotopic (exact) mass is 365 g/mol. The zero-order chi connectivity index (χ0) is 17.1. The highest BCUT2D eigenvalue weighted by Crippen LogP contribution is 2.34. The molecule has 1 unspecified atom stereocenters. The Kier molecular flexibility index (Phi) is 3.49. The number of H-pyrrole nitrogens is 2. The van der Waals surface area contributed by atoms with E-state index in [1.54, 1.807) is 12.1 Å². The molecule has 1 atom stereocenters. The summed E-state index contributed by atoms with van der Waals surface area (Å²) in [5.74, 6) is -0.00643. The second-order valence-electron chi connectivity index (χ2n) is 6.26. The largest absolute Gasteiger partial charge is 0.353 e. The molecule has 0 radical (unpaired) electrons. The van der Waals surface area contributed by atoms with Crippen molar-refractivity contribution in [3.05, 3.63) is 45.2 Å². The number of fused-ring (bicyclic) bond motifs is 3. The molecule has 1 aliphatic rings. The number of hydrogen-bond donors (Lipinski definition) is 2. The Morgan fingerprint density at radius 1 is 1.21 bits per heavy atom. The molecule has 8 heteroatoms. The standard InChI is InChI=1S/C16H16ClN3O3S/c1-24(22,23)20-5-4-9(8-20)11-7-14(21)19-16-12-6-10(17)2-3-13(12)18-15(11)16/h2-3,6-7,9,18H,4-5,8H2,1H3,(H,19,21). The average Bonchev–Trinajstić information content (AvgIpc) is 3.11. The van der Waals surface area contributed by atoms with Gasteiger partial charge in [0.15, 0.2) is 0 Å². The van der Waals surface area contributed by atoms with Gasteiger partial charge >= 0.3 is 0 Å². The molecule has 126 valence electrons. The molecule has 0 saturated carbocycles. The highest BCUT2D eigenvalue weighted by Gasteiger charge is 2.31. The highest BCUT2D eigenvalue weighted by molar-refractivity contribution is 7.88. The van der Waals surface area contributed by atoms with Gasteiger partial charge in [-0.25, -0.2) is 12.7 Å². The van der Waals surface area contributed by atoms with Gasteiger partial charge < -0.3 is 9.97 Å². The fraction of sp³-hybridized carbons (Fsp3) is 0.312. The van der Waals surface area contributed by atoms with E-state index in [2.05, 4.69) is 9.97 Å². The summed E-state index contributed by atoms with van der Waals surface area (Å²) in [5, 5.41) is 1.45. The fourth-order valence-corrected chi connectivity index (χ4v) is 4.55. The molecule has 2 aromatic heterocycles. The predicted molar refractivity (Wildman–Crippen MR) is 95.2 cm³/mol. The lowest BCUT2D eigenvalue weighted by molar-refractivity contribution is 0.478. The van der Waals surface area contributed by atoms with E-state index in [0.717, 1.165) is 22.0 Å². The Morgan fingerprint density at radius 3 is 2.71 bits per heavy atom. The summed E-state index contributed by atoms with van der Waals surface area (Å²) in [6.07, 6.45) is 1.91. The van der Waals surface area contributed by atoms with Crippen LogP contribution in [0.15, 0.2) is 29.1 Å². The number of rotatable bonds is 2. The number of nitrogens with one attached hydrogen (secondary N) is 2. The minimum atomic E-state index is -3.22. The number of nitrogens with zero attached hydrogens (tertiary/aromatic N) is 1. The quantitative estimate of drug-likeness (QED) is 0.731. The number of halogens is 1. The van der Waals surface area contributed by atoms with Crippen molar-refractivity contribution in [1.82, 2.24) is 14.3 Å². The second kappa shape index (κ2) is 5.34. The van der Waals surface area contributed by atoms with Crippen LogP contribution in [0, 0.1) is 0 Å². The van der Waals surface area contributed by atoms with Gasteiger partial charge in [0, 0.05) is 41.0 Å². The van der Waals surface area contributed by atoms with Crippen LogP contribution < -0.4 is 5.56 Å². The zero-order valence-corrected chi connectivity index (χ0v) is 14.5. The Balaban J connectivity index is 1.90. The molecule has 0 amide bonds. The lowest BCUT2D eigenvalue weighted by atomic mass is 9.98. The first-order valence-corrected chi connectivity index (χ1v) is 9.85. The maximum absolute atomic E-state index is 12.1. The van der Waals surface area contributed by atoms with Crippen LogP contribution in [0.2, 0.25) is 5.02 Å². The molecule has 1 saturated heterocycles. The molecule has 0 spiro atoms. The third kappa shape index (κ3) is 2.53. The Hall–Kier alpha value is -1.83. The molecule has 0 bridgehead atoms. The minimum absolute atomic E-state index is 0.00643. The average molecular weight is 366 g/mol. The van der Waals surface area contributed by atoms with Crippen molar-refractivity contribution >= 4 is 43.6 Å². The van der Waals surface area contributed by atoms with Gasteiger partial charge in [-0.3, -0.25) is 4.79 Å². The number of pyridine rings is 1. The zero-order valence-electron chi connectivity index (χ0n) is 13.0. The normalized spacial score (nSPS) is 19.5. The van der Waals surface area contributed by atoms with Gasteiger partial charge in [0.05, 0.1) is 17.3 Å². The molecule has 1 aromatic carbocycles. The molecule has 3 heterocycles. The van der Waals surface area contributed by atoms with Crippen LogP contribution in [0.25, 0.3) is 21.9 Å². The van der Waals surface area contributed by atoms with Crippen molar-refractivity contribution in [2.45, 2.75) is 12.3 Å². The fourth-order valence-electron chi connectivity index (χ4n) is 3.49. The maximum atomic E-state index is 12.1. The van der Waals surface area contributed by atoms with Crippen LogP contribution in [0.5, 0.6) is 0 Å². The summed E-state index contributed by atoms with van der Waals surface area (Å²) in [6.45, 7) is 0.872. The Labute approximate surface area is 143 Å². The van der Waals surface area contributed by atoms with Crippen LogP contribution in [0.1, 0.15) is 17.9 Å². The topological polar surface area (TPSA) is 86.0 Å². The molecule has 24 heavy (non-hydrogen) atoms. The van der Waals surface area contributed by atoms with Gasteiger partial charge in [-0.05, 0) is 30.2 Å². The van der Waals surface area contributed by atoms with Crippen LogP contribution >= 0.6 is 11.6 Å². The summed E-state index contributed by atoms with van der Waals surface area (Å²) in [7, 11) is -3.22. The van der Waals surface area contributed by atoms with Gasteiger partial charge in [-0.1, -0.05) is 11.6 Å². The van der Waals surface area contributed by atoms with Gasteiger partial charge in [-0.15, -0.1) is 0 Å². The van der Waals surface area contributed by atoms with Crippen molar-refractivity contribution in [2.75, 3.05) is 19.3 Å². The molecular formula is C16H16ClN3O3S. The summed E-state index contributed by atoms with van der Waals surface area (Å²) < 4.78 is 25.0. The SMILES string of the molecule is CS(=O)(=O)N1CCC(c2cc(=O)[nH]c3c2[nH]c2ccc(Cl)cc23)C1. The van der Waals surface area contributed by atoms with Crippen molar-refractivity contribution in [3.8, 4) is 0 Å². The van der Waals surface area contributed by atoms with Gasteiger partial charge in [0.2, 0.25) is 15.6 Å². The van der Waals surface area contributed by atoms with E-state index in [9.17, 15) is 13.2 Å². The van der Waals surface area contributed by atoms with Gasteiger partial charge in [0.1, 0.15) is 0 Å². The van der Waals surface area contributed by atoms with E-state index in [0.29, 0.717) is 30.0 Å². The first-order valence-electron chi connectivity index (χ1n) is 7.62. The Morgan fingerprint density at radius 2 is 2.00 bits per heavy atom. The molecular weight excluding hydrogens is 350 g/mol. The van der Waals surface area contributed by atoms with E-state index >= 15 is 0 Å². The molecule has 3 aromatic rings. The second-order valence-corrected chi connectivity index (χ2v) is 8.68. The van der Waals surface area contributed by atoms with Crippen LogP contribution in [-0.2, 0) is 10.0 Å². The first kappa shape index (κ1) is 15.7. The van der Waals surface area contributed by atoms with E-state index in [-0.39, 0.29) is 11.5 Å². The van der Waals surface area contributed by atoms with Crippen molar-refractivity contribution < 1.29 is 8.42 Å². The first-order chi connectivity index (χ1) is 11.3. The molecule has 0 aliphatic carbocycles. The third-order valence-corrected chi connectivity index (χ3v) is 6.15. The van der Waals surface area contributed by atoms with Crippen molar-refractivity contribution in [3.63, 3.8) is 0 Å². The lowest BCUT2D eigenvalue weighted by Gasteiger charge is -2.14. The van der Waals surface area contributed by atoms with Crippen LogP contribution in [-0.4, -0.2) is 42.0 Å². The van der Waals surface area contributed by atoms with Crippen molar-refractivity contribution in [2.24, 2.45) is 0 Å². The molecule has 2 N–H and O–H groups in total. The summed E-state index contributed by atoms with van der Waals surface area (Å²) in [6, 6.07) is 7.04. The smallest absolute Gasteiger partial charge is 0.248 e. The number of sulfonamides is 1. The molecule has 1 aliphatic heterocycles. The predicted octanol–water partition coefficient (Wildman–Crippen LogP) is 2.41. The lowest BCUT2D eigenvalue weighted by Crippen LogP contribution is -2.27. The number of aromatic nitrogens is 2. The van der Waals surface area contributed by atoms with Gasteiger partial charge in [-0.2, -0.15) is 0 Å². The number of hydrogen-bond acceptors (Lipinski definition) is 3. The van der Waals surface area contributed by atoms with Gasteiger partial charge in [0.25, 0.3) is 0 Å². The van der Waals surface area contributed by atoms with E-state index < -0.39 is 10.0 Å². The Bertz CT molecular complexity index is 1120. The van der Waals surface area contributed by atoms with E-state index in [4.69, 9.17) is 11.6 Å². The third-order valence-electron chi connectivity index (χ3n) is 4.64. The number of benzene rings is 1.